The summed E-state index contributed by atoms with van der Waals surface area (Å²) in [6, 6.07) is 0. The van der Waals surface area contributed by atoms with Gasteiger partial charge >= 0.3 is 5.97 Å². The molecule has 1 aliphatic carbocycles. The van der Waals surface area contributed by atoms with E-state index in [4.69, 9.17) is 0 Å². The lowest BCUT2D eigenvalue weighted by Crippen LogP contribution is -2.19. The maximum atomic E-state index is 12.9. The Morgan fingerprint density at radius 3 is 2.50 bits per heavy atom. The standard InChI is InChI=1S/C8H12F2O2/c1-5-3-6(7(11)12-2)4-8(5,9)10/h5-6H,3-4H2,1-2H3/t5-,6+/m1/s1. The van der Waals surface area contributed by atoms with Crippen molar-refractivity contribution in [2.45, 2.75) is 25.7 Å². The molecule has 0 aromatic carbocycles. The largest absolute Gasteiger partial charge is 0.469 e. The van der Waals surface area contributed by atoms with Crippen LogP contribution in [0.5, 0.6) is 0 Å². The summed E-state index contributed by atoms with van der Waals surface area (Å²) >= 11 is 0. The van der Waals surface area contributed by atoms with Crippen molar-refractivity contribution in [1.82, 2.24) is 0 Å². The van der Waals surface area contributed by atoms with Gasteiger partial charge in [-0.25, -0.2) is 8.78 Å². The molecule has 0 heterocycles. The minimum atomic E-state index is -2.70. The molecule has 0 spiro atoms. The van der Waals surface area contributed by atoms with E-state index in [2.05, 4.69) is 4.74 Å². The summed E-state index contributed by atoms with van der Waals surface area (Å²) in [5.74, 6) is -4.53. The van der Waals surface area contributed by atoms with Crippen LogP contribution in [0, 0.1) is 11.8 Å². The van der Waals surface area contributed by atoms with Crippen LogP contribution in [0.1, 0.15) is 19.8 Å². The van der Waals surface area contributed by atoms with Crippen molar-refractivity contribution < 1.29 is 18.3 Å². The van der Waals surface area contributed by atoms with Gasteiger partial charge in [-0.15, -0.1) is 0 Å². The van der Waals surface area contributed by atoms with Crippen molar-refractivity contribution in [1.29, 1.82) is 0 Å². The quantitative estimate of drug-likeness (QED) is 0.573. The molecule has 2 nitrogen and oxygen atoms in total. The molecule has 1 rings (SSSR count). The molecule has 12 heavy (non-hydrogen) atoms. The Balaban J connectivity index is 2.60. The molecule has 1 aliphatic rings. The number of hydrogen-bond acceptors (Lipinski definition) is 2. The summed E-state index contributed by atoms with van der Waals surface area (Å²) in [6.45, 7) is 1.46. The summed E-state index contributed by atoms with van der Waals surface area (Å²) in [6.07, 6.45) is -0.124. The van der Waals surface area contributed by atoms with E-state index in [1.165, 1.54) is 14.0 Å². The van der Waals surface area contributed by atoms with Gasteiger partial charge in [0, 0.05) is 12.3 Å². The van der Waals surface area contributed by atoms with Crippen LogP contribution >= 0.6 is 0 Å². The summed E-state index contributed by atoms with van der Waals surface area (Å²) in [5.41, 5.74) is 0. The molecule has 0 unspecified atom stereocenters. The van der Waals surface area contributed by atoms with E-state index < -0.39 is 23.7 Å². The minimum absolute atomic E-state index is 0.236. The molecule has 1 fully saturated rings. The first-order valence-electron chi connectivity index (χ1n) is 3.93. The fourth-order valence-electron chi connectivity index (χ4n) is 1.56. The summed E-state index contributed by atoms with van der Waals surface area (Å²) < 4.78 is 30.2. The minimum Gasteiger partial charge on any atom is -0.469 e. The van der Waals surface area contributed by atoms with Gasteiger partial charge in [-0.05, 0) is 6.42 Å². The second kappa shape index (κ2) is 2.99. The van der Waals surface area contributed by atoms with Gasteiger partial charge in [-0.2, -0.15) is 0 Å². The first kappa shape index (κ1) is 9.42. The molecule has 0 aromatic rings. The van der Waals surface area contributed by atoms with Gasteiger partial charge in [-0.1, -0.05) is 6.92 Å². The molecule has 0 radical (unpaired) electrons. The summed E-state index contributed by atoms with van der Waals surface area (Å²) in [5, 5.41) is 0. The second-order valence-corrected chi connectivity index (χ2v) is 3.32. The predicted molar refractivity (Wildman–Crippen MR) is 38.9 cm³/mol. The zero-order chi connectivity index (χ0) is 9.35. The first-order valence-corrected chi connectivity index (χ1v) is 3.93. The first-order chi connectivity index (χ1) is 5.47. The molecule has 0 saturated heterocycles. The van der Waals surface area contributed by atoms with Crippen LogP contribution in [0.2, 0.25) is 0 Å². The van der Waals surface area contributed by atoms with Crippen LogP contribution in [0.15, 0.2) is 0 Å². The number of carbonyl (C=O) groups excluding carboxylic acids is 1. The van der Waals surface area contributed by atoms with Crippen molar-refractivity contribution >= 4 is 5.97 Å². The number of methoxy groups -OCH3 is 1. The van der Waals surface area contributed by atoms with E-state index in [-0.39, 0.29) is 12.8 Å². The number of alkyl halides is 2. The van der Waals surface area contributed by atoms with E-state index >= 15 is 0 Å². The fraction of sp³-hybridized carbons (Fsp3) is 0.875. The average molecular weight is 178 g/mol. The van der Waals surface area contributed by atoms with Gasteiger partial charge < -0.3 is 4.74 Å². The van der Waals surface area contributed by atoms with Gasteiger partial charge in [-0.3, -0.25) is 4.79 Å². The number of rotatable bonds is 1. The maximum Gasteiger partial charge on any atom is 0.308 e. The zero-order valence-corrected chi connectivity index (χ0v) is 7.14. The van der Waals surface area contributed by atoms with Crippen molar-refractivity contribution in [2.75, 3.05) is 7.11 Å². The third-order valence-corrected chi connectivity index (χ3v) is 2.41. The van der Waals surface area contributed by atoms with Crippen molar-refractivity contribution in [3.05, 3.63) is 0 Å². The Labute approximate surface area is 69.9 Å². The highest BCUT2D eigenvalue weighted by atomic mass is 19.3. The summed E-state index contributed by atoms with van der Waals surface area (Å²) in [4.78, 5) is 10.9. The van der Waals surface area contributed by atoms with E-state index in [0.29, 0.717) is 0 Å². The number of hydrogen-bond donors (Lipinski definition) is 0. The van der Waals surface area contributed by atoms with Gasteiger partial charge in [0.25, 0.3) is 5.92 Å². The number of halogens is 2. The maximum absolute atomic E-state index is 12.9. The summed E-state index contributed by atoms with van der Waals surface area (Å²) in [7, 11) is 1.23. The van der Waals surface area contributed by atoms with Crippen LogP contribution in [-0.2, 0) is 9.53 Å². The highest BCUT2D eigenvalue weighted by Crippen LogP contribution is 2.43. The van der Waals surface area contributed by atoms with E-state index in [1.807, 2.05) is 0 Å². The Kier molecular flexibility index (Phi) is 2.35. The van der Waals surface area contributed by atoms with Gasteiger partial charge in [0.1, 0.15) is 0 Å². The molecule has 0 bridgehead atoms. The lowest BCUT2D eigenvalue weighted by Gasteiger charge is -2.12. The Morgan fingerprint density at radius 1 is 1.58 bits per heavy atom. The Hall–Kier alpha value is -0.670. The molecular weight excluding hydrogens is 166 g/mol. The van der Waals surface area contributed by atoms with Gasteiger partial charge in [0.2, 0.25) is 0 Å². The molecular formula is C8H12F2O2. The van der Waals surface area contributed by atoms with E-state index in [9.17, 15) is 13.6 Å². The number of carbonyl (C=O) groups is 1. The predicted octanol–water partition coefficient (Wildman–Crippen LogP) is 1.84. The molecule has 2 atom stereocenters. The average Bonchev–Trinajstić information content (AvgIpc) is 2.25. The van der Waals surface area contributed by atoms with Gasteiger partial charge in [0.15, 0.2) is 0 Å². The van der Waals surface area contributed by atoms with Crippen LogP contribution in [-0.4, -0.2) is 19.0 Å². The third-order valence-electron chi connectivity index (χ3n) is 2.41. The molecule has 1 saturated carbocycles. The van der Waals surface area contributed by atoms with E-state index in [1.54, 1.807) is 0 Å². The number of esters is 1. The van der Waals surface area contributed by atoms with Crippen LogP contribution in [0.3, 0.4) is 0 Å². The Morgan fingerprint density at radius 2 is 2.17 bits per heavy atom. The smallest absolute Gasteiger partial charge is 0.308 e. The second-order valence-electron chi connectivity index (χ2n) is 3.32. The van der Waals surface area contributed by atoms with Crippen LogP contribution < -0.4 is 0 Å². The molecule has 0 aliphatic heterocycles. The Bertz CT molecular complexity index is 191. The van der Waals surface area contributed by atoms with Crippen LogP contribution in [0.25, 0.3) is 0 Å². The van der Waals surface area contributed by atoms with E-state index in [0.717, 1.165) is 0 Å². The normalized spacial score (nSPS) is 33.3. The SMILES string of the molecule is COC(=O)[C@H]1C[C@@H](C)C(F)(F)C1. The monoisotopic (exact) mass is 178 g/mol. The molecule has 0 N–H and O–H groups in total. The lowest BCUT2D eigenvalue weighted by atomic mass is 10.1. The zero-order valence-electron chi connectivity index (χ0n) is 7.14. The topological polar surface area (TPSA) is 26.3 Å². The molecule has 0 aromatic heterocycles. The van der Waals surface area contributed by atoms with Crippen molar-refractivity contribution in [2.24, 2.45) is 11.8 Å². The van der Waals surface area contributed by atoms with Gasteiger partial charge in [0.05, 0.1) is 13.0 Å². The molecule has 70 valence electrons. The van der Waals surface area contributed by atoms with Crippen LogP contribution in [0.4, 0.5) is 8.78 Å². The highest BCUT2D eigenvalue weighted by molar-refractivity contribution is 5.72. The highest BCUT2D eigenvalue weighted by Gasteiger charge is 2.48. The third kappa shape index (κ3) is 1.57. The molecule has 4 heteroatoms. The van der Waals surface area contributed by atoms with Crippen molar-refractivity contribution in [3.63, 3.8) is 0 Å². The van der Waals surface area contributed by atoms with Crippen molar-refractivity contribution in [3.8, 4) is 0 Å². The molecule has 0 amide bonds. The fourth-order valence-corrected chi connectivity index (χ4v) is 1.56. The lowest BCUT2D eigenvalue weighted by molar-refractivity contribution is -0.146. The number of ether oxygens (including phenoxy) is 1.